The number of nitrogens with one attached hydrogen (secondary N) is 1. The lowest BCUT2D eigenvalue weighted by molar-refractivity contribution is 0.0729. The van der Waals surface area contributed by atoms with Crippen molar-refractivity contribution in [2.45, 2.75) is 12.3 Å². The minimum atomic E-state index is -3.42. The number of amides is 1. The molecule has 1 aliphatic heterocycles. The number of hydrogen-bond donors (Lipinski definition) is 1. The molecule has 7 nitrogen and oxygen atoms in total. The lowest BCUT2D eigenvalue weighted by Gasteiger charge is -2.26. The second-order valence-electron chi connectivity index (χ2n) is 5.73. The average Bonchev–Trinajstić information content (AvgIpc) is 3.16. The molecule has 0 atom stereocenters. The van der Waals surface area contributed by atoms with E-state index in [0.29, 0.717) is 37.4 Å². The van der Waals surface area contributed by atoms with Crippen LogP contribution in [0.4, 0.5) is 0 Å². The summed E-state index contributed by atoms with van der Waals surface area (Å²) < 4.78 is 36.8. The molecule has 0 radical (unpaired) electrons. The number of morpholine rings is 1. The molecular weight excluding hydrogens is 344 g/mol. The monoisotopic (exact) mass is 364 g/mol. The van der Waals surface area contributed by atoms with Gasteiger partial charge in [-0.1, -0.05) is 24.3 Å². The Balaban J connectivity index is 1.69. The topological polar surface area (TPSA) is 88.9 Å². The maximum Gasteiger partial charge on any atom is 0.254 e. The van der Waals surface area contributed by atoms with Crippen molar-refractivity contribution in [1.82, 2.24) is 9.62 Å². The largest absolute Gasteiger partial charge is 0.472 e. The van der Waals surface area contributed by atoms with Gasteiger partial charge in [0.25, 0.3) is 5.91 Å². The lowest BCUT2D eigenvalue weighted by atomic mass is 10.1. The van der Waals surface area contributed by atoms with Crippen LogP contribution in [0.25, 0.3) is 0 Å². The zero-order chi connectivity index (χ0) is 17.7. The van der Waals surface area contributed by atoms with Crippen LogP contribution in [0.1, 0.15) is 21.5 Å². The molecule has 25 heavy (non-hydrogen) atoms. The van der Waals surface area contributed by atoms with Crippen LogP contribution in [0, 0.1) is 0 Å². The van der Waals surface area contributed by atoms with E-state index in [9.17, 15) is 13.2 Å². The van der Waals surface area contributed by atoms with Gasteiger partial charge in [-0.05, 0) is 17.2 Å². The molecule has 1 amide bonds. The maximum atomic E-state index is 12.6. The van der Waals surface area contributed by atoms with E-state index in [1.165, 1.54) is 16.8 Å². The van der Waals surface area contributed by atoms with E-state index >= 15 is 0 Å². The van der Waals surface area contributed by atoms with Gasteiger partial charge in [-0.2, -0.15) is 4.31 Å². The van der Waals surface area contributed by atoms with E-state index in [2.05, 4.69) is 5.32 Å². The van der Waals surface area contributed by atoms with Crippen molar-refractivity contribution < 1.29 is 22.4 Å². The number of ether oxygens (including phenoxy) is 1. The minimum Gasteiger partial charge on any atom is -0.472 e. The summed E-state index contributed by atoms with van der Waals surface area (Å²) in [5.74, 6) is -0.357. The highest BCUT2D eigenvalue weighted by Crippen LogP contribution is 2.16. The van der Waals surface area contributed by atoms with Crippen LogP contribution in [0.5, 0.6) is 0 Å². The predicted octanol–water partition coefficient (Wildman–Crippen LogP) is 1.37. The zero-order valence-corrected chi connectivity index (χ0v) is 14.5. The van der Waals surface area contributed by atoms with Crippen molar-refractivity contribution in [3.05, 3.63) is 59.5 Å². The molecule has 0 bridgehead atoms. The number of furan rings is 1. The summed E-state index contributed by atoms with van der Waals surface area (Å²) in [7, 11) is -3.42. The van der Waals surface area contributed by atoms with Crippen molar-refractivity contribution in [2.24, 2.45) is 0 Å². The Labute approximate surface area is 146 Å². The van der Waals surface area contributed by atoms with Crippen LogP contribution in [0.2, 0.25) is 0 Å². The number of hydrogen-bond acceptors (Lipinski definition) is 5. The first-order valence-electron chi connectivity index (χ1n) is 7.99. The van der Waals surface area contributed by atoms with E-state index in [1.807, 2.05) is 12.1 Å². The quantitative estimate of drug-likeness (QED) is 0.836. The van der Waals surface area contributed by atoms with Gasteiger partial charge < -0.3 is 14.5 Å². The fourth-order valence-corrected chi connectivity index (χ4v) is 4.22. The summed E-state index contributed by atoms with van der Waals surface area (Å²) in [6.45, 7) is 1.84. The maximum absolute atomic E-state index is 12.6. The molecule has 1 fully saturated rings. The summed E-state index contributed by atoms with van der Waals surface area (Å²) in [4.78, 5) is 12.0. The van der Waals surface area contributed by atoms with Gasteiger partial charge in [0.2, 0.25) is 10.0 Å². The Morgan fingerprint density at radius 3 is 2.52 bits per heavy atom. The van der Waals surface area contributed by atoms with Gasteiger partial charge in [-0.25, -0.2) is 8.42 Å². The first-order chi connectivity index (χ1) is 12.1. The van der Waals surface area contributed by atoms with E-state index in [1.54, 1.807) is 18.2 Å². The average molecular weight is 364 g/mol. The summed E-state index contributed by atoms with van der Waals surface area (Å²) in [6.07, 6.45) is 2.79. The highest BCUT2D eigenvalue weighted by atomic mass is 32.2. The standard InChI is InChI=1S/C17H20N2O5S/c20-17(15-5-8-24-12-15)18-11-14-3-1-2-4-16(14)13-25(21,22)19-6-9-23-10-7-19/h1-5,8,12H,6-7,9-11,13H2,(H,18,20). The first-order valence-corrected chi connectivity index (χ1v) is 9.60. The van der Waals surface area contributed by atoms with Crippen molar-refractivity contribution in [2.75, 3.05) is 26.3 Å². The van der Waals surface area contributed by atoms with Crippen LogP contribution in [0.3, 0.4) is 0 Å². The summed E-state index contributed by atoms with van der Waals surface area (Å²) in [5.41, 5.74) is 1.89. The molecule has 0 saturated carbocycles. The van der Waals surface area contributed by atoms with Crippen molar-refractivity contribution in [1.29, 1.82) is 0 Å². The molecule has 1 aromatic carbocycles. The Morgan fingerprint density at radius 1 is 1.12 bits per heavy atom. The Kier molecular flexibility index (Phi) is 5.52. The smallest absolute Gasteiger partial charge is 0.254 e. The van der Waals surface area contributed by atoms with Crippen LogP contribution >= 0.6 is 0 Å². The van der Waals surface area contributed by atoms with Gasteiger partial charge in [0.05, 0.1) is 30.8 Å². The van der Waals surface area contributed by atoms with Gasteiger partial charge in [0.15, 0.2) is 0 Å². The fraction of sp³-hybridized carbons (Fsp3) is 0.353. The molecule has 8 heteroatoms. The second-order valence-corrected chi connectivity index (χ2v) is 7.70. The fourth-order valence-electron chi connectivity index (χ4n) is 2.65. The molecule has 3 rings (SSSR count). The molecule has 134 valence electrons. The third-order valence-corrected chi connectivity index (χ3v) is 5.87. The van der Waals surface area contributed by atoms with Crippen LogP contribution in [-0.4, -0.2) is 44.9 Å². The SMILES string of the molecule is O=C(NCc1ccccc1CS(=O)(=O)N1CCOCC1)c1ccoc1. The number of benzene rings is 1. The molecule has 1 aliphatic rings. The molecule has 1 aromatic heterocycles. The molecular formula is C17H20N2O5S. The zero-order valence-electron chi connectivity index (χ0n) is 13.7. The van der Waals surface area contributed by atoms with E-state index in [0.717, 1.165) is 5.56 Å². The van der Waals surface area contributed by atoms with Crippen molar-refractivity contribution in [3.8, 4) is 0 Å². The first kappa shape index (κ1) is 17.7. The molecule has 0 spiro atoms. The van der Waals surface area contributed by atoms with E-state index in [-0.39, 0.29) is 18.2 Å². The highest BCUT2D eigenvalue weighted by Gasteiger charge is 2.25. The Hall–Kier alpha value is -2.16. The molecule has 2 aromatic rings. The molecule has 1 saturated heterocycles. The van der Waals surface area contributed by atoms with Gasteiger partial charge >= 0.3 is 0 Å². The summed E-state index contributed by atoms with van der Waals surface area (Å²) >= 11 is 0. The predicted molar refractivity (Wildman–Crippen MR) is 91.3 cm³/mol. The second kappa shape index (κ2) is 7.81. The van der Waals surface area contributed by atoms with Gasteiger partial charge in [0, 0.05) is 19.6 Å². The molecule has 0 unspecified atom stereocenters. The van der Waals surface area contributed by atoms with Gasteiger partial charge in [-0.15, -0.1) is 0 Å². The third kappa shape index (κ3) is 4.47. The van der Waals surface area contributed by atoms with Crippen molar-refractivity contribution >= 4 is 15.9 Å². The molecule has 1 N–H and O–H groups in total. The number of carbonyl (C=O) groups excluding carboxylic acids is 1. The van der Waals surface area contributed by atoms with E-state index < -0.39 is 10.0 Å². The van der Waals surface area contributed by atoms with Gasteiger partial charge in [0.1, 0.15) is 6.26 Å². The van der Waals surface area contributed by atoms with Crippen LogP contribution in [0.15, 0.2) is 47.3 Å². The number of nitrogens with zero attached hydrogens (tertiary/aromatic N) is 1. The van der Waals surface area contributed by atoms with Gasteiger partial charge in [-0.3, -0.25) is 4.79 Å². The molecule has 2 heterocycles. The van der Waals surface area contributed by atoms with Crippen LogP contribution in [-0.2, 0) is 27.1 Å². The normalized spacial score (nSPS) is 15.8. The number of carbonyl (C=O) groups is 1. The Morgan fingerprint density at radius 2 is 1.84 bits per heavy atom. The summed E-state index contributed by atoms with van der Waals surface area (Å²) in [6, 6.07) is 8.79. The third-order valence-electron chi connectivity index (χ3n) is 4.04. The number of sulfonamides is 1. The number of rotatable bonds is 6. The Bertz CT molecular complexity index is 811. The van der Waals surface area contributed by atoms with Crippen LogP contribution < -0.4 is 5.32 Å². The minimum absolute atomic E-state index is 0.0925. The lowest BCUT2D eigenvalue weighted by Crippen LogP contribution is -2.41. The highest BCUT2D eigenvalue weighted by molar-refractivity contribution is 7.88. The van der Waals surface area contributed by atoms with Crippen molar-refractivity contribution in [3.63, 3.8) is 0 Å². The summed E-state index contributed by atoms with van der Waals surface area (Å²) in [5, 5.41) is 2.78. The van der Waals surface area contributed by atoms with E-state index in [4.69, 9.17) is 9.15 Å². The molecule has 0 aliphatic carbocycles.